The van der Waals surface area contributed by atoms with Crippen LogP contribution in [0.15, 0.2) is 27.4 Å². The average Bonchev–Trinajstić information content (AvgIpc) is 1.83. The van der Waals surface area contributed by atoms with Crippen LogP contribution in [0.25, 0.3) is 0 Å². The average molecular weight is 317 g/mol. The molecule has 1 aromatic heterocycles. The van der Waals surface area contributed by atoms with Gasteiger partial charge in [-0.3, -0.25) is 0 Å². The molecule has 0 N–H and O–H groups in total. The van der Waals surface area contributed by atoms with E-state index in [1.54, 1.807) is 3.59 Å². The van der Waals surface area contributed by atoms with Crippen molar-refractivity contribution in [3.63, 3.8) is 0 Å². The molecule has 1 heterocycles. The molecule has 1 nitrogen and oxygen atoms in total. The van der Waals surface area contributed by atoms with E-state index in [2.05, 4.69) is 48.0 Å². The zero-order valence-corrected chi connectivity index (χ0v) is 9.07. The molecule has 1 rings (SSSR count). The third-order valence-electron chi connectivity index (χ3n) is 0.844. The van der Waals surface area contributed by atoms with Crippen LogP contribution >= 0.6 is 48.0 Å². The molecule has 0 bridgehead atoms. The van der Waals surface area contributed by atoms with Crippen molar-refractivity contribution in [2.75, 3.05) is 0 Å². The number of pyridine rings is 1. The Balaban J connectivity index is 3.25. The molecular formula is C5H3Br3N+. The second kappa shape index (κ2) is 3.12. The summed E-state index contributed by atoms with van der Waals surface area (Å²) in [4.78, 5) is 0. The Kier molecular flexibility index (Phi) is 2.67. The predicted molar refractivity (Wildman–Crippen MR) is 46.4 cm³/mol. The number of hydrogen-bond donors (Lipinski definition) is 0. The molecular weight excluding hydrogens is 314 g/mol. The van der Waals surface area contributed by atoms with E-state index >= 15 is 0 Å². The number of nitrogens with zero attached hydrogens (tertiary/aromatic N) is 1. The molecule has 0 fully saturated rings. The summed E-state index contributed by atoms with van der Waals surface area (Å²) in [6.45, 7) is 0. The summed E-state index contributed by atoms with van der Waals surface area (Å²) in [6, 6.07) is 3.89. The van der Waals surface area contributed by atoms with Crippen molar-refractivity contribution in [3.05, 3.63) is 27.4 Å². The lowest BCUT2D eigenvalue weighted by molar-refractivity contribution is -0.487. The highest BCUT2D eigenvalue weighted by atomic mass is 79.9. The van der Waals surface area contributed by atoms with Crippen molar-refractivity contribution in [1.82, 2.24) is 0 Å². The van der Waals surface area contributed by atoms with E-state index in [-0.39, 0.29) is 0 Å². The molecule has 1 aromatic rings. The van der Waals surface area contributed by atoms with Crippen molar-refractivity contribution >= 4 is 48.0 Å². The van der Waals surface area contributed by atoms with Gasteiger partial charge < -0.3 is 0 Å². The van der Waals surface area contributed by atoms with Gasteiger partial charge in [0.1, 0.15) is 0 Å². The summed E-state index contributed by atoms with van der Waals surface area (Å²) in [5, 5.41) is 0. The first kappa shape index (κ1) is 7.69. The number of aromatic nitrogens is 1. The van der Waals surface area contributed by atoms with Crippen LogP contribution in [0.2, 0.25) is 0 Å². The third kappa shape index (κ3) is 1.75. The van der Waals surface area contributed by atoms with E-state index in [0.717, 1.165) is 9.08 Å². The van der Waals surface area contributed by atoms with Crippen LogP contribution in [0.3, 0.4) is 0 Å². The Hall–Kier alpha value is 0.590. The summed E-state index contributed by atoms with van der Waals surface area (Å²) in [6.07, 6.45) is 1.90. The fourth-order valence-corrected chi connectivity index (χ4v) is 1.60. The number of rotatable bonds is 0. The molecule has 0 radical (unpaired) electrons. The molecule has 4 heteroatoms. The molecule has 9 heavy (non-hydrogen) atoms. The van der Waals surface area contributed by atoms with Crippen molar-refractivity contribution in [3.8, 4) is 0 Å². The van der Waals surface area contributed by atoms with Gasteiger partial charge in [-0.05, 0) is 22.0 Å². The Morgan fingerprint density at radius 2 is 2.00 bits per heavy atom. The van der Waals surface area contributed by atoms with Gasteiger partial charge in [0.25, 0.3) is 4.60 Å². The molecule has 48 valence electrons. The van der Waals surface area contributed by atoms with Gasteiger partial charge in [0, 0.05) is 22.0 Å². The summed E-state index contributed by atoms with van der Waals surface area (Å²) >= 11 is 9.98. The molecule has 0 aliphatic rings. The first-order chi connectivity index (χ1) is 4.22. The molecule has 0 amide bonds. The largest absolute Gasteiger partial charge is 0.332 e. The van der Waals surface area contributed by atoms with Crippen LogP contribution in [0, 0.1) is 0 Å². The lowest BCUT2D eigenvalue weighted by atomic mass is 10.5. The molecule has 0 aliphatic heterocycles. The molecule has 0 saturated carbocycles. The van der Waals surface area contributed by atoms with E-state index in [0.29, 0.717) is 0 Å². The van der Waals surface area contributed by atoms with E-state index in [1.165, 1.54) is 0 Å². The van der Waals surface area contributed by atoms with Gasteiger partial charge in [-0.2, -0.15) is 0 Å². The molecule has 0 saturated heterocycles. The topological polar surface area (TPSA) is 3.88 Å². The van der Waals surface area contributed by atoms with Gasteiger partial charge in [0.15, 0.2) is 6.20 Å². The van der Waals surface area contributed by atoms with Gasteiger partial charge in [-0.1, -0.05) is 0 Å². The highest BCUT2D eigenvalue weighted by Gasteiger charge is 2.06. The maximum Gasteiger partial charge on any atom is 0.332 e. The minimum atomic E-state index is 0.977. The first-order valence-electron chi connectivity index (χ1n) is 2.23. The van der Waals surface area contributed by atoms with Crippen LogP contribution in [0.1, 0.15) is 0 Å². The van der Waals surface area contributed by atoms with Gasteiger partial charge in [0.2, 0.25) is 0 Å². The van der Waals surface area contributed by atoms with E-state index in [9.17, 15) is 0 Å². The summed E-state index contributed by atoms with van der Waals surface area (Å²) in [5.74, 6) is 0. The van der Waals surface area contributed by atoms with Crippen molar-refractivity contribution in [2.45, 2.75) is 0 Å². The molecule has 0 spiro atoms. The maximum absolute atomic E-state index is 3.35. The molecule has 0 aromatic carbocycles. The maximum atomic E-state index is 3.35. The monoisotopic (exact) mass is 314 g/mol. The smallest absolute Gasteiger partial charge is 0.116 e. The van der Waals surface area contributed by atoms with E-state index < -0.39 is 0 Å². The van der Waals surface area contributed by atoms with Crippen LogP contribution < -0.4 is 3.59 Å². The fourth-order valence-electron chi connectivity index (χ4n) is 0.439. The first-order valence-corrected chi connectivity index (χ1v) is 4.53. The number of halogens is 3. The van der Waals surface area contributed by atoms with Crippen LogP contribution in [0.5, 0.6) is 0 Å². The highest BCUT2D eigenvalue weighted by molar-refractivity contribution is 9.13. The zero-order valence-electron chi connectivity index (χ0n) is 4.31. The summed E-state index contributed by atoms with van der Waals surface area (Å²) < 4.78 is 3.81. The van der Waals surface area contributed by atoms with Crippen LogP contribution in [-0.4, -0.2) is 0 Å². The normalized spacial score (nSPS) is 9.67. The minimum absolute atomic E-state index is 0.977. The van der Waals surface area contributed by atoms with Gasteiger partial charge in [-0.15, -0.1) is 3.59 Å². The SMILES string of the molecule is Brc1ccc[n+](Br)c1Br. The number of hydrogen-bond acceptors (Lipinski definition) is 0. The van der Waals surface area contributed by atoms with Crippen LogP contribution in [-0.2, 0) is 0 Å². The quantitative estimate of drug-likeness (QED) is 0.648. The standard InChI is InChI=1S/C5H3Br3N/c6-4-2-1-3-9(8)5(4)7/h1-3H/q+1. The zero-order chi connectivity index (χ0) is 6.85. The van der Waals surface area contributed by atoms with E-state index in [1.807, 2.05) is 18.3 Å². The Labute approximate surface area is 78.7 Å². The van der Waals surface area contributed by atoms with Crippen LogP contribution in [0.4, 0.5) is 0 Å². The Morgan fingerprint density at radius 1 is 1.33 bits per heavy atom. The Bertz CT molecular complexity index is 203. The molecule has 0 atom stereocenters. The van der Waals surface area contributed by atoms with Gasteiger partial charge in [-0.25, -0.2) is 0 Å². The summed E-state index contributed by atoms with van der Waals surface area (Å²) in [5.41, 5.74) is 0. The minimum Gasteiger partial charge on any atom is -0.116 e. The van der Waals surface area contributed by atoms with Crippen molar-refractivity contribution in [2.24, 2.45) is 0 Å². The van der Waals surface area contributed by atoms with E-state index in [4.69, 9.17) is 0 Å². The summed E-state index contributed by atoms with van der Waals surface area (Å²) in [7, 11) is 0. The third-order valence-corrected chi connectivity index (χ3v) is 3.89. The lowest BCUT2D eigenvalue weighted by Crippen LogP contribution is -2.19. The predicted octanol–water partition coefficient (Wildman–Crippen LogP) is 2.66. The lowest BCUT2D eigenvalue weighted by Gasteiger charge is -1.87. The fraction of sp³-hybridized carbons (Fsp3) is 0. The second-order valence-corrected chi connectivity index (χ2v) is 3.83. The van der Waals surface area contributed by atoms with Crippen molar-refractivity contribution in [1.29, 1.82) is 0 Å². The highest BCUT2D eigenvalue weighted by Crippen LogP contribution is 2.17. The molecule has 0 aliphatic carbocycles. The van der Waals surface area contributed by atoms with Gasteiger partial charge >= 0.3 is 16.1 Å². The molecule has 0 unspecified atom stereocenters. The van der Waals surface area contributed by atoms with Gasteiger partial charge in [0.05, 0.1) is 4.47 Å². The van der Waals surface area contributed by atoms with Crippen molar-refractivity contribution < 1.29 is 3.59 Å². The second-order valence-electron chi connectivity index (χ2n) is 1.46. The Morgan fingerprint density at radius 3 is 2.44 bits per heavy atom.